The Labute approximate surface area is 141 Å². The molecule has 0 aliphatic rings. The molecule has 0 fully saturated rings. The van der Waals surface area contributed by atoms with Crippen molar-refractivity contribution in [1.29, 1.82) is 0 Å². The standard InChI is InChI=1S/C16H13BrN2O2S/c1-3-11-5-4-6-12(9-11)19-15(20)10(2)18-16(21)13-7-8-14(17)22-13/h1,4-10H,2H3,(H,18,21)(H,19,20). The molecule has 1 unspecified atom stereocenters. The Morgan fingerprint density at radius 1 is 1.32 bits per heavy atom. The Morgan fingerprint density at radius 3 is 2.73 bits per heavy atom. The lowest BCUT2D eigenvalue weighted by atomic mass is 10.2. The third-order valence-electron chi connectivity index (χ3n) is 2.83. The molecule has 0 radical (unpaired) electrons. The van der Waals surface area contributed by atoms with E-state index in [0.29, 0.717) is 16.1 Å². The van der Waals surface area contributed by atoms with Crippen LogP contribution in [0.15, 0.2) is 40.2 Å². The lowest BCUT2D eigenvalue weighted by Crippen LogP contribution is -2.41. The minimum atomic E-state index is -0.664. The van der Waals surface area contributed by atoms with E-state index < -0.39 is 6.04 Å². The molecule has 1 heterocycles. The number of anilines is 1. The smallest absolute Gasteiger partial charge is 0.262 e. The molecule has 0 spiro atoms. The second kappa shape index (κ2) is 7.25. The average molecular weight is 377 g/mol. The fraction of sp³-hybridized carbons (Fsp3) is 0.125. The predicted molar refractivity (Wildman–Crippen MR) is 92.0 cm³/mol. The van der Waals surface area contributed by atoms with Crippen molar-refractivity contribution >= 4 is 44.8 Å². The van der Waals surface area contributed by atoms with Gasteiger partial charge in [0.1, 0.15) is 6.04 Å². The molecule has 22 heavy (non-hydrogen) atoms. The molecule has 0 bridgehead atoms. The van der Waals surface area contributed by atoms with Crippen LogP contribution in [0.2, 0.25) is 0 Å². The number of hydrogen-bond acceptors (Lipinski definition) is 3. The number of terminal acetylenes is 1. The van der Waals surface area contributed by atoms with Gasteiger partial charge in [-0.25, -0.2) is 0 Å². The van der Waals surface area contributed by atoms with Crippen LogP contribution >= 0.6 is 27.3 Å². The summed E-state index contributed by atoms with van der Waals surface area (Å²) in [5.74, 6) is 1.91. The van der Waals surface area contributed by atoms with Gasteiger partial charge in [-0.3, -0.25) is 9.59 Å². The van der Waals surface area contributed by atoms with Crippen molar-refractivity contribution in [2.24, 2.45) is 0 Å². The van der Waals surface area contributed by atoms with E-state index in [2.05, 4.69) is 32.5 Å². The maximum Gasteiger partial charge on any atom is 0.262 e. The largest absolute Gasteiger partial charge is 0.340 e. The van der Waals surface area contributed by atoms with Gasteiger partial charge in [0.15, 0.2) is 0 Å². The van der Waals surface area contributed by atoms with Crippen molar-refractivity contribution in [2.45, 2.75) is 13.0 Å². The van der Waals surface area contributed by atoms with Crippen LogP contribution in [0.4, 0.5) is 5.69 Å². The van der Waals surface area contributed by atoms with E-state index in [-0.39, 0.29) is 11.8 Å². The summed E-state index contributed by atoms with van der Waals surface area (Å²) < 4.78 is 0.862. The normalized spacial score (nSPS) is 11.3. The zero-order valence-corrected chi connectivity index (χ0v) is 14.1. The molecular weight excluding hydrogens is 364 g/mol. The summed E-state index contributed by atoms with van der Waals surface area (Å²) in [4.78, 5) is 24.6. The Hall–Kier alpha value is -2.10. The zero-order chi connectivity index (χ0) is 16.1. The highest BCUT2D eigenvalue weighted by Crippen LogP contribution is 2.22. The van der Waals surface area contributed by atoms with Crippen molar-refractivity contribution in [2.75, 3.05) is 5.32 Å². The van der Waals surface area contributed by atoms with E-state index in [0.717, 1.165) is 3.79 Å². The molecular formula is C16H13BrN2O2S. The van der Waals surface area contributed by atoms with Gasteiger partial charge in [0.25, 0.3) is 5.91 Å². The quantitative estimate of drug-likeness (QED) is 0.804. The molecule has 1 atom stereocenters. The molecule has 4 nitrogen and oxygen atoms in total. The fourth-order valence-electron chi connectivity index (χ4n) is 1.71. The Bertz CT molecular complexity index is 749. The molecule has 6 heteroatoms. The highest BCUT2D eigenvalue weighted by Gasteiger charge is 2.17. The summed E-state index contributed by atoms with van der Waals surface area (Å²) in [6, 6.07) is 9.79. The molecule has 2 rings (SSSR count). The summed E-state index contributed by atoms with van der Waals surface area (Å²) in [6.07, 6.45) is 5.32. The van der Waals surface area contributed by atoms with Crippen LogP contribution in [-0.4, -0.2) is 17.9 Å². The van der Waals surface area contributed by atoms with Gasteiger partial charge in [0.05, 0.1) is 8.66 Å². The molecule has 0 saturated heterocycles. The van der Waals surface area contributed by atoms with Gasteiger partial charge in [-0.2, -0.15) is 0 Å². The molecule has 1 aromatic heterocycles. The highest BCUT2D eigenvalue weighted by atomic mass is 79.9. The second-order valence-electron chi connectivity index (χ2n) is 4.51. The van der Waals surface area contributed by atoms with Crippen LogP contribution in [0.3, 0.4) is 0 Å². The topological polar surface area (TPSA) is 58.2 Å². The van der Waals surface area contributed by atoms with Gasteiger partial charge in [0.2, 0.25) is 5.91 Å². The Balaban J connectivity index is 1.97. The van der Waals surface area contributed by atoms with E-state index in [1.807, 2.05) is 0 Å². The van der Waals surface area contributed by atoms with Gasteiger partial charge in [-0.1, -0.05) is 12.0 Å². The van der Waals surface area contributed by atoms with E-state index >= 15 is 0 Å². The highest BCUT2D eigenvalue weighted by molar-refractivity contribution is 9.11. The summed E-state index contributed by atoms with van der Waals surface area (Å²) >= 11 is 4.61. The molecule has 2 N–H and O–H groups in total. The summed E-state index contributed by atoms with van der Waals surface area (Å²) in [7, 11) is 0. The third-order valence-corrected chi connectivity index (χ3v) is 4.46. The first kappa shape index (κ1) is 16.3. The van der Waals surface area contributed by atoms with Crippen LogP contribution in [0.25, 0.3) is 0 Å². The van der Waals surface area contributed by atoms with Crippen LogP contribution in [0, 0.1) is 12.3 Å². The molecule has 2 aromatic rings. The fourth-order valence-corrected chi connectivity index (χ4v) is 3.00. The molecule has 1 aromatic carbocycles. The molecule has 0 aliphatic heterocycles. The number of nitrogens with one attached hydrogen (secondary N) is 2. The number of thiophene rings is 1. The van der Waals surface area contributed by atoms with Crippen molar-refractivity contribution in [3.8, 4) is 12.3 Å². The Morgan fingerprint density at radius 2 is 2.09 bits per heavy atom. The van der Waals surface area contributed by atoms with Gasteiger partial charge in [0, 0.05) is 11.3 Å². The molecule has 0 aliphatic carbocycles. The van der Waals surface area contributed by atoms with E-state index in [1.165, 1.54) is 11.3 Å². The van der Waals surface area contributed by atoms with E-state index in [1.54, 1.807) is 43.3 Å². The molecule has 112 valence electrons. The maximum absolute atomic E-state index is 12.1. The number of benzene rings is 1. The first-order valence-corrected chi connectivity index (χ1v) is 8.04. The predicted octanol–water partition coefficient (Wildman–Crippen LogP) is 3.25. The van der Waals surface area contributed by atoms with Crippen molar-refractivity contribution in [3.05, 3.63) is 50.6 Å². The van der Waals surface area contributed by atoms with Gasteiger partial charge in [-0.05, 0) is 53.2 Å². The van der Waals surface area contributed by atoms with Crippen molar-refractivity contribution in [3.63, 3.8) is 0 Å². The first-order chi connectivity index (χ1) is 10.5. The van der Waals surface area contributed by atoms with E-state index in [4.69, 9.17) is 6.42 Å². The third kappa shape index (κ3) is 4.20. The molecule has 0 saturated carbocycles. The number of hydrogen-bond donors (Lipinski definition) is 2. The maximum atomic E-state index is 12.1. The number of carbonyl (C=O) groups is 2. The van der Waals surface area contributed by atoms with Crippen molar-refractivity contribution in [1.82, 2.24) is 5.32 Å². The minimum Gasteiger partial charge on any atom is -0.340 e. The number of amides is 2. The summed E-state index contributed by atoms with van der Waals surface area (Å²) in [5.41, 5.74) is 1.28. The summed E-state index contributed by atoms with van der Waals surface area (Å²) in [6.45, 7) is 1.63. The van der Waals surface area contributed by atoms with E-state index in [9.17, 15) is 9.59 Å². The summed E-state index contributed by atoms with van der Waals surface area (Å²) in [5, 5.41) is 5.38. The molecule has 2 amide bonds. The number of halogens is 1. The number of rotatable bonds is 4. The van der Waals surface area contributed by atoms with Crippen LogP contribution in [-0.2, 0) is 4.79 Å². The average Bonchev–Trinajstić information content (AvgIpc) is 2.94. The monoisotopic (exact) mass is 376 g/mol. The first-order valence-electron chi connectivity index (χ1n) is 6.43. The van der Waals surface area contributed by atoms with Gasteiger partial charge >= 0.3 is 0 Å². The second-order valence-corrected chi connectivity index (χ2v) is 6.98. The van der Waals surface area contributed by atoms with Gasteiger partial charge < -0.3 is 10.6 Å². The van der Waals surface area contributed by atoms with Crippen molar-refractivity contribution < 1.29 is 9.59 Å². The van der Waals surface area contributed by atoms with Crippen LogP contribution in [0.5, 0.6) is 0 Å². The minimum absolute atomic E-state index is 0.282. The Kier molecular flexibility index (Phi) is 5.36. The SMILES string of the molecule is C#Cc1cccc(NC(=O)C(C)NC(=O)c2ccc(Br)s2)c1. The van der Waals surface area contributed by atoms with Crippen LogP contribution < -0.4 is 10.6 Å². The van der Waals surface area contributed by atoms with Gasteiger partial charge in [-0.15, -0.1) is 17.8 Å². The van der Waals surface area contributed by atoms with Crippen LogP contribution in [0.1, 0.15) is 22.2 Å². The zero-order valence-electron chi connectivity index (χ0n) is 11.7. The number of carbonyl (C=O) groups excluding carboxylic acids is 2. The lowest BCUT2D eigenvalue weighted by Gasteiger charge is -2.13. The lowest BCUT2D eigenvalue weighted by molar-refractivity contribution is -0.117.